The Labute approximate surface area is 107 Å². The highest BCUT2D eigenvalue weighted by molar-refractivity contribution is 4.81. The van der Waals surface area contributed by atoms with Crippen molar-refractivity contribution < 1.29 is 4.74 Å². The summed E-state index contributed by atoms with van der Waals surface area (Å²) in [7, 11) is 2.24. The second-order valence-electron chi connectivity index (χ2n) is 5.52. The average Bonchev–Trinajstić information content (AvgIpc) is 2.81. The van der Waals surface area contributed by atoms with E-state index >= 15 is 0 Å². The highest BCUT2D eigenvalue weighted by atomic mass is 16.5. The van der Waals surface area contributed by atoms with Crippen molar-refractivity contribution in [1.82, 2.24) is 10.2 Å². The molecule has 0 aromatic rings. The molecule has 102 valence electrons. The van der Waals surface area contributed by atoms with Crippen molar-refractivity contribution in [3.05, 3.63) is 0 Å². The van der Waals surface area contributed by atoms with E-state index in [-0.39, 0.29) is 0 Å². The van der Waals surface area contributed by atoms with Crippen LogP contribution in [0.15, 0.2) is 0 Å². The average molecular weight is 242 g/mol. The maximum absolute atomic E-state index is 5.51. The Kier molecular flexibility index (Phi) is 7.09. The van der Waals surface area contributed by atoms with Gasteiger partial charge >= 0.3 is 0 Å². The maximum Gasteiger partial charge on any atom is 0.0510 e. The van der Waals surface area contributed by atoms with Crippen molar-refractivity contribution in [3.8, 4) is 0 Å². The topological polar surface area (TPSA) is 24.5 Å². The first kappa shape index (κ1) is 14.9. The van der Waals surface area contributed by atoms with Crippen LogP contribution in [0, 0.1) is 11.8 Å². The molecule has 0 amide bonds. The van der Waals surface area contributed by atoms with E-state index in [1.54, 1.807) is 0 Å². The van der Waals surface area contributed by atoms with Crippen molar-refractivity contribution in [3.63, 3.8) is 0 Å². The minimum atomic E-state index is 0.594. The van der Waals surface area contributed by atoms with Gasteiger partial charge in [-0.2, -0.15) is 0 Å². The molecule has 0 aromatic carbocycles. The summed E-state index contributed by atoms with van der Waals surface area (Å²) in [5.41, 5.74) is 0. The summed E-state index contributed by atoms with van der Waals surface area (Å²) >= 11 is 0. The minimum Gasteiger partial charge on any atom is -0.381 e. The van der Waals surface area contributed by atoms with Crippen LogP contribution in [0.3, 0.4) is 0 Å². The highest BCUT2D eigenvalue weighted by Crippen LogP contribution is 2.17. The monoisotopic (exact) mass is 242 g/mol. The van der Waals surface area contributed by atoms with Crippen LogP contribution >= 0.6 is 0 Å². The molecule has 0 bridgehead atoms. The van der Waals surface area contributed by atoms with Crippen molar-refractivity contribution >= 4 is 0 Å². The Morgan fingerprint density at radius 3 is 2.65 bits per heavy atom. The molecule has 1 aliphatic heterocycles. The van der Waals surface area contributed by atoms with E-state index in [4.69, 9.17) is 4.74 Å². The molecule has 0 spiro atoms. The quantitative estimate of drug-likeness (QED) is 0.704. The molecule has 0 saturated carbocycles. The molecule has 0 aliphatic carbocycles. The van der Waals surface area contributed by atoms with Gasteiger partial charge in [-0.3, -0.25) is 0 Å². The van der Waals surface area contributed by atoms with E-state index in [0.29, 0.717) is 12.0 Å². The first-order valence-corrected chi connectivity index (χ1v) is 7.17. The van der Waals surface area contributed by atoms with Crippen LogP contribution in [0.4, 0.5) is 0 Å². The predicted molar refractivity (Wildman–Crippen MR) is 73.3 cm³/mol. The van der Waals surface area contributed by atoms with Gasteiger partial charge in [-0.25, -0.2) is 0 Å². The number of hydrogen-bond donors (Lipinski definition) is 1. The van der Waals surface area contributed by atoms with E-state index in [1.807, 2.05) is 0 Å². The highest BCUT2D eigenvalue weighted by Gasteiger charge is 2.26. The summed E-state index contributed by atoms with van der Waals surface area (Å²) in [5, 5.41) is 3.63. The van der Waals surface area contributed by atoms with Gasteiger partial charge < -0.3 is 15.0 Å². The number of rotatable bonds is 8. The molecule has 0 aromatic heterocycles. The van der Waals surface area contributed by atoms with E-state index in [2.05, 4.69) is 38.0 Å². The largest absolute Gasteiger partial charge is 0.381 e. The Balaban J connectivity index is 2.36. The van der Waals surface area contributed by atoms with Crippen LogP contribution in [-0.2, 0) is 4.74 Å². The van der Waals surface area contributed by atoms with Crippen LogP contribution in [0.2, 0.25) is 0 Å². The lowest BCUT2D eigenvalue weighted by Crippen LogP contribution is -2.45. The van der Waals surface area contributed by atoms with Gasteiger partial charge in [-0.05, 0) is 25.9 Å². The first-order chi connectivity index (χ1) is 8.17. The van der Waals surface area contributed by atoms with E-state index < -0.39 is 0 Å². The van der Waals surface area contributed by atoms with Gasteiger partial charge in [0.15, 0.2) is 0 Å². The lowest BCUT2D eigenvalue weighted by Gasteiger charge is -2.29. The van der Waals surface area contributed by atoms with Crippen LogP contribution in [0.25, 0.3) is 0 Å². The molecule has 1 N–H and O–H groups in total. The molecule has 0 radical (unpaired) electrons. The first-order valence-electron chi connectivity index (χ1n) is 7.17. The summed E-state index contributed by atoms with van der Waals surface area (Å²) in [6.07, 6.45) is 2.48. The van der Waals surface area contributed by atoms with Gasteiger partial charge in [0.2, 0.25) is 0 Å². The second-order valence-corrected chi connectivity index (χ2v) is 5.52. The van der Waals surface area contributed by atoms with Gasteiger partial charge in [0.1, 0.15) is 0 Å². The van der Waals surface area contributed by atoms with Gasteiger partial charge in [0, 0.05) is 31.7 Å². The molecule has 3 nitrogen and oxygen atoms in total. The third kappa shape index (κ3) is 5.36. The summed E-state index contributed by atoms with van der Waals surface area (Å²) in [4.78, 5) is 2.47. The lowest BCUT2D eigenvalue weighted by molar-refractivity contribution is 0.163. The van der Waals surface area contributed by atoms with Crippen LogP contribution in [0.1, 0.15) is 33.6 Å². The minimum absolute atomic E-state index is 0.594. The van der Waals surface area contributed by atoms with E-state index in [0.717, 1.165) is 32.2 Å². The number of nitrogens with one attached hydrogen (secondary N) is 1. The Morgan fingerprint density at radius 2 is 2.12 bits per heavy atom. The third-order valence-electron chi connectivity index (χ3n) is 3.83. The smallest absolute Gasteiger partial charge is 0.0510 e. The van der Waals surface area contributed by atoms with E-state index in [9.17, 15) is 0 Å². The fraction of sp³-hybridized carbons (Fsp3) is 1.00. The summed E-state index contributed by atoms with van der Waals surface area (Å²) in [5.74, 6) is 1.50. The van der Waals surface area contributed by atoms with Crippen molar-refractivity contribution in [2.45, 2.75) is 39.7 Å². The number of nitrogens with zero attached hydrogens (tertiary/aromatic N) is 1. The molecule has 1 rings (SSSR count). The van der Waals surface area contributed by atoms with Crippen molar-refractivity contribution in [2.75, 3.05) is 39.9 Å². The zero-order valence-corrected chi connectivity index (χ0v) is 12.0. The van der Waals surface area contributed by atoms with Gasteiger partial charge in [0.05, 0.1) is 6.61 Å². The molecule has 1 heterocycles. The maximum atomic E-state index is 5.51. The molecule has 3 unspecified atom stereocenters. The summed E-state index contributed by atoms with van der Waals surface area (Å²) in [6, 6.07) is 0.594. The third-order valence-corrected chi connectivity index (χ3v) is 3.83. The zero-order chi connectivity index (χ0) is 12.7. The SMILES string of the molecule is CCNC(CN(C)CC(C)CC)C1CCOC1. The van der Waals surface area contributed by atoms with Crippen LogP contribution < -0.4 is 5.32 Å². The molecule has 1 fully saturated rings. The van der Waals surface area contributed by atoms with Crippen molar-refractivity contribution in [1.29, 1.82) is 0 Å². The van der Waals surface area contributed by atoms with Gasteiger partial charge in [-0.1, -0.05) is 27.2 Å². The summed E-state index contributed by atoms with van der Waals surface area (Å²) in [6.45, 7) is 12.1. The van der Waals surface area contributed by atoms with Crippen LogP contribution in [-0.4, -0.2) is 50.8 Å². The molecule has 3 atom stereocenters. The molecule has 17 heavy (non-hydrogen) atoms. The lowest BCUT2D eigenvalue weighted by atomic mass is 9.98. The normalized spacial score (nSPS) is 24.2. The molecular formula is C14H30N2O. The van der Waals surface area contributed by atoms with Gasteiger partial charge in [-0.15, -0.1) is 0 Å². The van der Waals surface area contributed by atoms with Crippen molar-refractivity contribution in [2.24, 2.45) is 11.8 Å². The molecule has 1 saturated heterocycles. The standard InChI is InChI=1S/C14H30N2O/c1-5-12(3)9-16(4)10-14(15-6-2)13-7-8-17-11-13/h12-15H,5-11H2,1-4H3. The Bertz CT molecular complexity index is 193. The van der Waals surface area contributed by atoms with Crippen LogP contribution in [0.5, 0.6) is 0 Å². The Morgan fingerprint density at radius 1 is 1.35 bits per heavy atom. The summed E-state index contributed by atoms with van der Waals surface area (Å²) < 4.78 is 5.51. The Hall–Kier alpha value is -0.120. The van der Waals surface area contributed by atoms with E-state index in [1.165, 1.54) is 19.4 Å². The molecule has 1 aliphatic rings. The molecule has 3 heteroatoms. The fourth-order valence-corrected chi connectivity index (χ4v) is 2.58. The number of likely N-dealkylation sites (N-methyl/N-ethyl adjacent to an activating group) is 2. The fourth-order valence-electron chi connectivity index (χ4n) is 2.58. The number of ether oxygens (including phenoxy) is 1. The zero-order valence-electron chi connectivity index (χ0n) is 12.0. The molecular weight excluding hydrogens is 212 g/mol. The van der Waals surface area contributed by atoms with Gasteiger partial charge in [0.25, 0.3) is 0 Å². The predicted octanol–water partition coefficient (Wildman–Crippen LogP) is 1.98. The number of hydrogen-bond acceptors (Lipinski definition) is 3. The second kappa shape index (κ2) is 8.06.